The molecule has 2 aliphatic heterocycles. The van der Waals surface area contributed by atoms with Crippen LogP contribution in [-0.2, 0) is 9.59 Å². The molecule has 2 amide bonds. The Labute approximate surface area is 160 Å². The highest BCUT2D eigenvalue weighted by molar-refractivity contribution is 6.22. The highest BCUT2D eigenvalue weighted by Gasteiger charge is 2.43. The Morgan fingerprint density at radius 3 is 2.26 bits per heavy atom. The van der Waals surface area contributed by atoms with Gasteiger partial charge >= 0.3 is 0 Å². The third-order valence-corrected chi connectivity index (χ3v) is 5.82. The molecule has 0 N–H and O–H groups in total. The number of piperazine rings is 1. The van der Waals surface area contributed by atoms with Crippen molar-refractivity contribution in [2.75, 3.05) is 36.0 Å². The van der Waals surface area contributed by atoms with Gasteiger partial charge < -0.3 is 4.90 Å². The quantitative estimate of drug-likeness (QED) is 0.787. The van der Waals surface area contributed by atoms with Crippen molar-refractivity contribution in [1.82, 2.24) is 4.90 Å². The average molecular weight is 363 g/mol. The molecule has 0 aromatic heterocycles. The predicted molar refractivity (Wildman–Crippen MR) is 107 cm³/mol. The van der Waals surface area contributed by atoms with Crippen LogP contribution in [0.4, 0.5) is 11.4 Å². The van der Waals surface area contributed by atoms with Crippen LogP contribution in [-0.4, -0.2) is 48.9 Å². The number of carbonyl (C=O) groups excluding carboxylic acids is 2. The van der Waals surface area contributed by atoms with Crippen LogP contribution in [0.25, 0.3) is 0 Å². The Balaban J connectivity index is 1.48. The summed E-state index contributed by atoms with van der Waals surface area (Å²) < 4.78 is 0. The van der Waals surface area contributed by atoms with Crippen molar-refractivity contribution >= 4 is 23.2 Å². The lowest BCUT2D eigenvalue weighted by Gasteiger charge is -2.38. The van der Waals surface area contributed by atoms with Gasteiger partial charge in [0, 0.05) is 31.9 Å². The molecule has 2 aromatic carbocycles. The summed E-state index contributed by atoms with van der Waals surface area (Å²) >= 11 is 0. The maximum Gasteiger partial charge on any atom is 0.251 e. The number of para-hydroxylation sites is 1. The minimum Gasteiger partial charge on any atom is -0.369 e. The Kier molecular flexibility index (Phi) is 4.70. The van der Waals surface area contributed by atoms with E-state index in [9.17, 15) is 9.59 Å². The predicted octanol–water partition coefficient (Wildman–Crippen LogP) is 2.76. The van der Waals surface area contributed by atoms with Crippen LogP contribution in [0.3, 0.4) is 0 Å². The van der Waals surface area contributed by atoms with Crippen molar-refractivity contribution in [3.63, 3.8) is 0 Å². The van der Waals surface area contributed by atoms with E-state index in [1.807, 2.05) is 50.2 Å². The van der Waals surface area contributed by atoms with Crippen molar-refractivity contribution in [1.29, 1.82) is 0 Å². The molecule has 0 radical (unpaired) electrons. The van der Waals surface area contributed by atoms with E-state index in [0.29, 0.717) is 0 Å². The highest BCUT2D eigenvalue weighted by Crippen LogP contribution is 2.30. The molecule has 0 spiro atoms. The summed E-state index contributed by atoms with van der Waals surface area (Å²) in [6.07, 6.45) is 0.275. The van der Waals surface area contributed by atoms with Crippen LogP contribution in [0.5, 0.6) is 0 Å². The molecule has 0 aliphatic carbocycles. The maximum absolute atomic E-state index is 13.1. The number of carbonyl (C=O) groups is 2. The lowest BCUT2D eigenvalue weighted by atomic mass is 10.1. The second-order valence-corrected chi connectivity index (χ2v) is 7.36. The summed E-state index contributed by atoms with van der Waals surface area (Å²) in [6, 6.07) is 15.8. The van der Waals surface area contributed by atoms with E-state index in [4.69, 9.17) is 0 Å². The minimum absolute atomic E-state index is 0.0816. The monoisotopic (exact) mass is 363 g/mol. The first-order valence-electron chi connectivity index (χ1n) is 9.53. The Bertz CT molecular complexity index is 857. The molecule has 140 valence electrons. The number of nitrogens with zero attached hydrogens (tertiary/aromatic N) is 3. The fourth-order valence-electron chi connectivity index (χ4n) is 4.06. The first-order chi connectivity index (χ1) is 13.1. The third-order valence-electron chi connectivity index (χ3n) is 5.82. The summed E-state index contributed by atoms with van der Waals surface area (Å²) in [5.74, 6) is -0.175. The number of hydrogen-bond donors (Lipinski definition) is 0. The van der Waals surface area contributed by atoms with Gasteiger partial charge in [-0.25, -0.2) is 4.90 Å². The highest BCUT2D eigenvalue weighted by atomic mass is 16.2. The van der Waals surface area contributed by atoms with Crippen LogP contribution in [0, 0.1) is 13.8 Å². The number of hydrogen-bond acceptors (Lipinski definition) is 4. The molecule has 2 aromatic rings. The number of rotatable bonds is 3. The maximum atomic E-state index is 13.1. The number of imide groups is 1. The van der Waals surface area contributed by atoms with Gasteiger partial charge in [-0.2, -0.15) is 0 Å². The molecule has 27 heavy (non-hydrogen) atoms. The van der Waals surface area contributed by atoms with Gasteiger partial charge in [-0.15, -0.1) is 0 Å². The Hall–Kier alpha value is -2.66. The second-order valence-electron chi connectivity index (χ2n) is 7.36. The molecule has 5 nitrogen and oxygen atoms in total. The van der Waals surface area contributed by atoms with Gasteiger partial charge in [0.25, 0.3) is 5.91 Å². The van der Waals surface area contributed by atoms with Gasteiger partial charge in [0.15, 0.2) is 0 Å². The lowest BCUT2D eigenvalue weighted by molar-refractivity contribution is -0.123. The first-order valence-corrected chi connectivity index (χ1v) is 9.53. The van der Waals surface area contributed by atoms with Crippen molar-refractivity contribution in [3.05, 3.63) is 59.7 Å². The molecule has 2 heterocycles. The molecule has 2 aliphatic rings. The van der Waals surface area contributed by atoms with Crippen molar-refractivity contribution in [3.8, 4) is 0 Å². The van der Waals surface area contributed by atoms with Crippen molar-refractivity contribution < 1.29 is 9.59 Å². The number of benzene rings is 2. The zero-order valence-electron chi connectivity index (χ0n) is 15.9. The van der Waals surface area contributed by atoms with E-state index in [1.54, 1.807) is 0 Å². The van der Waals surface area contributed by atoms with Gasteiger partial charge in [-0.05, 0) is 43.2 Å². The molecule has 0 saturated carbocycles. The molecule has 0 bridgehead atoms. The fourth-order valence-corrected chi connectivity index (χ4v) is 4.06. The molecular formula is C22H25N3O2. The normalized spacial score (nSPS) is 21.2. The molecule has 1 atom stereocenters. The van der Waals surface area contributed by atoms with E-state index < -0.39 is 0 Å². The van der Waals surface area contributed by atoms with Gasteiger partial charge in [0.2, 0.25) is 5.91 Å². The van der Waals surface area contributed by atoms with Gasteiger partial charge in [0.05, 0.1) is 18.2 Å². The van der Waals surface area contributed by atoms with E-state index in [-0.39, 0.29) is 24.3 Å². The summed E-state index contributed by atoms with van der Waals surface area (Å²) in [5, 5.41) is 0. The molecular weight excluding hydrogens is 338 g/mol. The van der Waals surface area contributed by atoms with Crippen LogP contribution >= 0.6 is 0 Å². The van der Waals surface area contributed by atoms with E-state index in [2.05, 4.69) is 21.9 Å². The summed E-state index contributed by atoms with van der Waals surface area (Å²) in [6.45, 7) is 7.29. The minimum atomic E-state index is -0.338. The zero-order chi connectivity index (χ0) is 19.0. The number of anilines is 2. The van der Waals surface area contributed by atoms with Crippen LogP contribution in [0.15, 0.2) is 48.5 Å². The Morgan fingerprint density at radius 1 is 0.852 bits per heavy atom. The van der Waals surface area contributed by atoms with Gasteiger partial charge in [-0.3, -0.25) is 14.5 Å². The van der Waals surface area contributed by atoms with E-state index in [0.717, 1.165) is 43.0 Å². The zero-order valence-corrected chi connectivity index (χ0v) is 15.9. The van der Waals surface area contributed by atoms with Crippen molar-refractivity contribution in [2.45, 2.75) is 26.3 Å². The van der Waals surface area contributed by atoms with E-state index >= 15 is 0 Å². The van der Waals surface area contributed by atoms with Crippen LogP contribution in [0.1, 0.15) is 17.5 Å². The van der Waals surface area contributed by atoms with Gasteiger partial charge in [0.1, 0.15) is 0 Å². The third kappa shape index (κ3) is 3.23. The largest absolute Gasteiger partial charge is 0.369 e. The van der Waals surface area contributed by atoms with Gasteiger partial charge in [-0.1, -0.05) is 30.3 Å². The number of aryl methyl sites for hydroxylation is 1. The number of amides is 2. The second kappa shape index (κ2) is 7.16. The lowest BCUT2D eigenvalue weighted by Crippen LogP contribution is -2.52. The topological polar surface area (TPSA) is 43.9 Å². The Morgan fingerprint density at radius 2 is 1.56 bits per heavy atom. The fraction of sp³-hybridized carbons (Fsp3) is 0.364. The molecule has 5 heteroatoms. The molecule has 2 saturated heterocycles. The standard InChI is InChI=1S/C22H25N3O2/c1-16-7-6-10-19(17(16)2)25-21(26)15-20(22(25)27)24-13-11-23(12-14-24)18-8-4-3-5-9-18/h3-10,20H,11-15H2,1-2H3. The summed E-state index contributed by atoms with van der Waals surface area (Å²) in [7, 11) is 0. The molecule has 1 unspecified atom stereocenters. The molecule has 2 fully saturated rings. The van der Waals surface area contributed by atoms with Crippen molar-refractivity contribution in [2.24, 2.45) is 0 Å². The summed E-state index contributed by atoms with van der Waals surface area (Å²) in [4.78, 5) is 31.6. The molecule has 4 rings (SSSR count). The first kappa shape index (κ1) is 17.7. The van der Waals surface area contributed by atoms with Crippen LogP contribution in [0.2, 0.25) is 0 Å². The average Bonchev–Trinajstić information content (AvgIpc) is 2.99. The summed E-state index contributed by atoms with van der Waals surface area (Å²) in [5.41, 5.74) is 4.03. The SMILES string of the molecule is Cc1cccc(N2C(=O)CC(N3CCN(c4ccccc4)CC3)C2=O)c1C. The van der Waals surface area contributed by atoms with E-state index in [1.165, 1.54) is 10.6 Å². The smallest absolute Gasteiger partial charge is 0.251 e. The van der Waals surface area contributed by atoms with Crippen LogP contribution < -0.4 is 9.80 Å².